The molecule has 12 nitrogen and oxygen atoms in total. The van der Waals surface area contributed by atoms with Crippen LogP contribution in [0.4, 0.5) is 0 Å². The number of aromatic nitrogens is 2. The lowest BCUT2D eigenvalue weighted by Crippen LogP contribution is -2.44. The van der Waals surface area contributed by atoms with Crippen LogP contribution >= 0.6 is 11.8 Å². The Labute approximate surface area is 233 Å². The average Bonchev–Trinajstić information content (AvgIpc) is 2.85. The van der Waals surface area contributed by atoms with Crippen LogP contribution in [0.3, 0.4) is 0 Å². The van der Waals surface area contributed by atoms with Gasteiger partial charge in [0.2, 0.25) is 0 Å². The molecule has 15 heteroatoms. The summed E-state index contributed by atoms with van der Waals surface area (Å²) in [4.78, 5) is 11.5. The molecule has 0 saturated heterocycles. The zero-order chi connectivity index (χ0) is 28.0. The highest BCUT2D eigenvalue weighted by molar-refractivity contribution is 8.00. The third-order valence-corrected chi connectivity index (χ3v) is 12.8. The molecule has 0 saturated carbocycles. The Hall–Kier alpha value is -1.11. The summed E-state index contributed by atoms with van der Waals surface area (Å²) in [7, 11) is -3.25. The van der Waals surface area contributed by atoms with Crippen LogP contribution in [0.5, 0.6) is 0 Å². The van der Waals surface area contributed by atoms with Crippen molar-refractivity contribution in [3.05, 3.63) is 28.4 Å². The zero-order valence-corrected chi connectivity index (χ0v) is 26.4. The molecule has 0 atom stereocenters. The van der Waals surface area contributed by atoms with E-state index in [9.17, 15) is 0 Å². The molecule has 0 bridgehead atoms. The van der Waals surface area contributed by atoms with Crippen LogP contribution in [0, 0.1) is 0 Å². The third-order valence-electron chi connectivity index (χ3n) is 4.34. The van der Waals surface area contributed by atoms with Gasteiger partial charge in [0.05, 0.1) is 79.3 Å². The fourth-order valence-corrected chi connectivity index (χ4v) is 12.6. The van der Waals surface area contributed by atoms with E-state index in [1.165, 1.54) is 0 Å². The lowest BCUT2D eigenvalue weighted by atomic mass is 10.4. The van der Waals surface area contributed by atoms with Gasteiger partial charge in [-0.15, -0.1) is 0 Å². The van der Waals surface area contributed by atoms with Gasteiger partial charge in [0.1, 0.15) is 0 Å². The van der Waals surface area contributed by atoms with E-state index in [0.29, 0.717) is 85.8 Å². The van der Waals surface area contributed by atoms with E-state index in [-0.39, 0.29) is 0 Å². The first kappa shape index (κ1) is 34.9. The molecule has 1 heterocycles. The Balaban J connectivity index is 1.90. The van der Waals surface area contributed by atoms with Gasteiger partial charge in [-0.05, 0) is 38.3 Å². The van der Waals surface area contributed by atoms with Gasteiger partial charge in [0.15, 0.2) is 21.8 Å². The van der Waals surface area contributed by atoms with Crippen LogP contribution in [0.2, 0.25) is 32.7 Å². The highest BCUT2D eigenvalue weighted by Gasteiger charge is 2.30. The topological polar surface area (TPSA) is 139 Å². The van der Waals surface area contributed by atoms with Gasteiger partial charge in [-0.2, -0.15) is 0 Å². The summed E-state index contributed by atoms with van der Waals surface area (Å²) >= 11 is 1.67. The first-order chi connectivity index (χ1) is 18.2. The quantitative estimate of drug-likeness (QED) is 0.0311. The van der Waals surface area contributed by atoms with E-state index >= 15 is 0 Å². The molecule has 0 aliphatic carbocycles. The SMILES string of the molecule is C[Si](C)(C)O[Si](C)(C)CSc1ncc(COCCOCCOCCOCCOCCOCCN=[N+]=[N-])cn1. The Morgan fingerprint density at radius 3 is 1.63 bits per heavy atom. The second-order valence-corrected chi connectivity index (χ2v) is 20.1. The molecule has 0 aliphatic heterocycles. The number of hydrogen-bond donors (Lipinski definition) is 0. The predicted octanol–water partition coefficient (Wildman–Crippen LogP) is 4.07. The fraction of sp³-hybridized carbons (Fsp3) is 0.826. The second kappa shape index (κ2) is 21.7. The smallest absolute Gasteiger partial charge is 0.187 e. The van der Waals surface area contributed by atoms with Crippen molar-refractivity contribution in [3.63, 3.8) is 0 Å². The number of nitrogens with zero attached hydrogens (tertiary/aromatic N) is 5. The minimum Gasteiger partial charge on any atom is -0.455 e. The molecule has 0 amide bonds. The molecule has 38 heavy (non-hydrogen) atoms. The maximum atomic E-state index is 8.13. The zero-order valence-electron chi connectivity index (χ0n) is 23.6. The van der Waals surface area contributed by atoms with Crippen molar-refractivity contribution < 1.29 is 32.5 Å². The maximum Gasteiger partial charge on any atom is 0.187 e. The molecule has 0 spiro atoms. The molecule has 0 unspecified atom stereocenters. The van der Waals surface area contributed by atoms with E-state index < -0.39 is 16.6 Å². The highest BCUT2D eigenvalue weighted by atomic mass is 32.2. The lowest BCUT2D eigenvalue weighted by Gasteiger charge is -2.30. The number of rotatable bonds is 25. The number of azide groups is 1. The Bertz CT molecular complexity index is 770. The lowest BCUT2D eigenvalue weighted by molar-refractivity contribution is -0.0174. The van der Waals surface area contributed by atoms with Crippen molar-refractivity contribution in [1.82, 2.24) is 9.97 Å². The molecule has 1 aromatic rings. The van der Waals surface area contributed by atoms with Crippen molar-refractivity contribution >= 4 is 28.4 Å². The van der Waals surface area contributed by atoms with Crippen LogP contribution < -0.4 is 0 Å². The fourth-order valence-electron chi connectivity index (χ4n) is 3.03. The van der Waals surface area contributed by atoms with Crippen LogP contribution in [0.15, 0.2) is 22.7 Å². The summed E-state index contributed by atoms with van der Waals surface area (Å²) in [5, 5.41) is 5.09. The number of ether oxygens (including phenoxy) is 6. The summed E-state index contributed by atoms with van der Waals surface area (Å²) in [6.07, 6.45) is 3.63. The standard InChI is InChI=1S/C23H45N5O7SSi2/c1-37(2,3)35-38(4,5)21-36-23-25-18-22(19-26-23)20-34-17-16-33-15-14-32-13-12-31-11-10-30-9-8-29-7-6-27-28-24/h18-19H,6-17,20-21H2,1-5H3. The number of thioether (sulfide) groups is 1. The summed E-state index contributed by atoms with van der Waals surface area (Å²) in [6, 6.07) is 0. The molecule has 0 fully saturated rings. The van der Waals surface area contributed by atoms with Crippen LogP contribution in [0.1, 0.15) is 5.56 Å². The molecule has 1 rings (SSSR count). The largest absolute Gasteiger partial charge is 0.455 e. The van der Waals surface area contributed by atoms with Crippen molar-refractivity contribution in [3.8, 4) is 0 Å². The minimum atomic E-state index is -1.72. The normalized spacial score (nSPS) is 12.0. The summed E-state index contributed by atoms with van der Waals surface area (Å²) < 4.78 is 39.0. The van der Waals surface area contributed by atoms with Crippen molar-refractivity contribution in [1.29, 1.82) is 0 Å². The molecule has 0 radical (unpaired) electrons. The highest BCUT2D eigenvalue weighted by Crippen LogP contribution is 2.22. The summed E-state index contributed by atoms with van der Waals surface area (Å²) in [5.74, 6) is 0. The Morgan fingerprint density at radius 2 is 1.18 bits per heavy atom. The first-order valence-corrected chi connectivity index (χ1v) is 20.3. The Morgan fingerprint density at radius 1 is 0.737 bits per heavy atom. The molecule has 0 N–H and O–H groups in total. The van der Waals surface area contributed by atoms with Crippen molar-refractivity contribution in [2.75, 3.05) is 84.6 Å². The molecule has 0 aromatic carbocycles. The average molecular weight is 592 g/mol. The van der Waals surface area contributed by atoms with Crippen LogP contribution in [-0.4, -0.2) is 111 Å². The van der Waals surface area contributed by atoms with Crippen LogP contribution in [-0.2, 0) is 39.1 Å². The molecular weight excluding hydrogens is 547 g/mol. The first-order valence-electron chi connectivity index (χ1n) is 12.8. The van der Waals surface area contributed by atoms with Crippen LogP contribution in [0.25, 0.3) is 10.4 Å². The minimum absolute atomic E-state index is 0.332. The van der Waals surface area contributed by atoms with E-state index in [1.807, 2.05) is 12.4 Å². The van der Waals surface area contributed by atoms with Gasteiger partial charge in [-0.25, -0.2) is 9.97 Å². The van der Waals surface area contributed by atoms with Gasteiger partial charge in [-0.1, -0.05) is 16.9 Å². The van der Waals surface area contributed by atoms with Crippen molar-refractivity contribution in [2.24, 2.45) is 5.11 Å². The van der Waals surface area contributed by atoms with Gasteiger partial charge in [-0.3, -0.25) is 0 Å². The van der Waals surface area contributed by atoms with E-state index in [0.717, 1.165) is 16.1 Å². The maximum absolute atomic E-state index is 8.13. The van der Waals surface area contributed by atoms with Gasteiger partial charge in [0.25, 0.3) is 0 Å². The third kappa shape index (κ3) is 21.8. The molecule has 218 valence electrons. The van der Waals surface area contributed by atoms with E-state index in [1.54, 1.807) is 11.8 Å². The van der Waals surface area contributed by atoms with Crippen molar-refractivity contribution in [2.45, 2.75) is 44.5 Å². The molecule has 1 aromatic heterocycles. The van der Waals surface area contributed by atoms with E-state index in [4.69, 9.17) is 38.1 Å². The van der Waals surface area contributed by atoms with E-state index in [2.05, 4.69) is 52.7 Å². The molecular formula is C23H45N5O7SSi2. The Kier molecular flexibility index (Phi) is 19.9. The van der Waals surface area contributed by atoms with Gasteiger partial charge < -0.3 is 32.5 Å². The monoisotopic (exact) mass is 591 g/mol. The summed E-state index contributed by atoms with van der Waals surface area (Å²) in [6.45, 7) is 17.3. The summed E-state index contributed by atoms with van der Waals surface area (Å²) in [5.41, 5.74) is 9.07. The van der Waals surface area contributed by atoms with Gasteiger partial charge >= 0.3 is 0 Å². The molecule has 0 aliphatic rings. The second-order valence-electron chi connectivity index (χ2n) is 9.71. The number of hydrogen-bond acceptors (Lipinski definition) is 11. The van der Waals surface area contributed by atoms with Gasteiger partial charge in [0, 0.05) is 34.8 Å². The predicted molar refractivity (Wildman–Crippen MR) is 152 cm³/mol.